The standard InChI is InChI=1S/C6H9NS.ClH/c1-7-5-6-3-2-4-8-6;/h2-4,7H,5H2,1H3;1H. The fraction of sp³-hybridized carbons (Fsp3) is 0.333. The molecule has 1 nitrogen and oxygen atoms in total. The molecule has 1 N–H and O–H groups in total. The number of halogens is 1. The van der Waals surface area contributed by atoms with Gasteiger partial charge in [-0.3, -0.25) is 0 Å². The van der Waals surface area contributed by atoms with Crippen LogP contribution in [-0.2, 0) is 6.54 Å². The lowest BCUT2D eigenvalue weighted by Gasteiger charge is -1.89. The molecule has 0 saturated carbocycles. The molecule has 52 valence electrons. The summed E-state index contributed by atoms with van der Waals surface area (Å²) in [5, 5.41) is 5.17. The van der Waals surface area contributed by atoms with Crippen molar-refractivity contribution in [3.63, 3.8) is 0 Å². The minimum Gasteiger partial charge on any atom is -0.315 e. The van der Waals surface area contributed by atoms with Crippen molar-refractivity contribution in [3.05, 3.63) is 22.4 Å². The van der Waals surface area contributed by atoms with Gasteiger partial charge in [-0.2, -0.15) is 0 Å². The Labute approximate surface area is 65.5 Å². The van der Waals surface area contributed by atoms with Crippen LogP contribution in [0.25, 0.3) is 0 Å². The van der Waals surface area contributed by atoms with Crippen LogP contribution in [0.1, 0.15) is 4.88 Å². The highest BCUT2D eigenvalue weighted by atomic mass is 35.5. The monoisotopic (exact) mass is 163 g/mol. The molecule has 0 unspecified atom stereocenters. The topological polar surface area (TPSA) is 12.0 Å². The van der Waals surface area contributed by atoms with E-state index < -0.39 is 0 Å². The van der Waals surface area contributed by atoms with Crippen LogP contribution < -0.4 is 5.32 Å². The number of hydrogen-bond acceptors (Lipinski definition) is 2. The Morgan fingerprint density at radius 1 is 1.67 bits per heavy atom. The van der Waals surface area contributed by atoms with E-state index in [0.717, 1.165) is 6.54 Å². The van der Waals surface area contributed by atoms with E-state index in [2.05, 4.69) is 22.8 Å². The van der Waals surface area contributed by atoms with Crippen molar-refractivity contribution in [1.82, 2.24) is 5.32 Å². The highest BCUT2D eigenvalue weighted by molar-refractivity contribution is 7.09. The van der Waals surface area contributed by atoms with Crippen LogP contribution in [0.5, 0.6) is 0 Å². The molecular weight excluding hydrogens is 154 g/mol. The maximum atomic E-state index is 3.08. The van der Waals surface area contributed by atoms with Crippen LogP contribution in [0.4, 0.5) is 0 Å². The molecule has 1 heterocycles. The molecule has 0 fully saturated rings. The van der Waals surface area contributed by atoms with Crippen molar-refractivity contribution in [2.75, 3.05) is 7.05 Å². The minimum absolute atomic E-state index is 0. The summed E-state index contributed by atoms with van der Waals surface area (Å²) in [6.45, 7) is 0.998. The highest BCUT2D eigenvalue weighted by Gasteiger charge is 1.86. The number of nitrogens with one attached hydrogen (secondary N) is 1. The second-order valence-electron chi connectivity index (χ2n) is 1.61. The first kappa shape index (κ1) is 8.95. The molecule has 0 aromatic carbocycles. The van der Waals surface area contributed by atoms with Crippen molar-refractivity contribution in [2.45, 2.75) is 6.54 Å². The van der Waals surface area contributed by atoms with E-state index in [-0.39, 0.29) is 12.4 Å². The molecule has 1 rings (SSSR count). The van der Waals surface area contributed by atoms with Crippen LogP contribution >= 0.6 is 23.7 Å². The summed E-state index contributed by atoms with van der Waals surface area (Å²) in [7, 11) is 1.96. The second kappa shape index (κ2) is 4.79. The number of hydrogen-bond donors (Lipinski definition) is 1. The van der Waals surface area contributed by atoms with Crippen LogP contribution in [0, 0.1) is 0 Å². The first-order valence-corrected chi connectivity index (χ1v) is 3.48. The highest BCUT2D eigenvalue weighted by Crippen LogP contribution is 2.06. The lowest BCUT2D eigenvalue weighted by molar-refractivity contribution is 0.831. The molecule has 0 spiro atoms. The van der Waals surface area contributed by atoms with Crippen LogP contribution in [-0.4, -0.2) is 7.05 Å². The van der Waals surface area contributed by atoms with E-state index >= 15 is 0 Å². The molecule has 0 aliphatic carbocycles. The molecule has 0 aliphatic rings. The molecule has 0 amide bonds. The molecule has 0 saturated heterocycles. The van der Waals surface area contributed by atoms with Crippen molar-refractivity contribution in [2.24, 2.45) is 0 Å². The summed E-state index contributed by atoms with van der Waals surface area (Å²) in [6.07, 6.45) is 0. The summed E-state index contributed by atoms with van der Waals surface area (Å²) in [4.78, 5) is 1.40. The lowest BCUT2D eigenvalue weighted by Crippen LogP contribution is -2.02. The number of thiophene rings is 1. The van der Waals surface area contributed by atoms with Gasteiger partial charge >= 0.3 is 0 Å². The first-order chi connectivity index (χ1) is 3.93. The predicted octanol–water partition coefficient (Wildman–Crippen LogP) is 1.89. The number of rotatable bonds is 2. The largest absolute Gasteiger partial charge is 0.315 e. The van der Waals surface area contributed by atoms with Gasteiger partial charge < -0.3 is 5.32 Å². The molecule has 0 aliphatic heterocycles. The van der Waals surface area contributed by atoms with E-state index in [0.29, 0.717) is 0 Å². The third kappa shape index (κ3) is 2.84. The van der Waals surface area contributed by atoms with Crippen molar-refractivity contribution in [1.29, 1.82) is 0 Å². The normalized spacial score (nSPS) is 8.56. The SMILES string of the molecule is CNCc1cccs1.Cl. The zero-order chi connectivity index (χ0) is 5.82. The van der Waals surface area contributed by atoms with Crippen LogP contribution in [0.3, 0.4) is 0 Å². The molecule has 1 aromatic rings. The Bertz CT molecular complexity index is 139. The average Bonchev–Trinajstić information content (AvgIpc) is 2.19. The van der Waals surface area contributed by atoms with Gasteiger partial charge in [0.15, 0.2) is 0 Å². The Morgan fingerprint density at radius 2 is 2.44 bits per heavy atom. The van der Waals surface area contributed by atoms with E-state index in [4.69, 9.17) is 0 Å². The predicted molar refractivity (Wildman–Crippen MR) is 44.3 cm³/mol. The third-order valence-corrected chi connectivity index (χ3v) is 1.81. The van der Waals surface area contributed by atoms with Gasteiger partial charge in [-0.25, -0.2) is 0 Å². The van der Waals surface area contributed by atoms with E-state index in [1.807, 2.05) is 7.05 Å². The van der Waals surface area contributed by atoms with E-state index in [1.54, 1.807) is 11.3 Å². The fourth-order valence-corrected chi connectivity index (χ4v) is 1.30. The van der Waals surface area contributed by atoms with Gasteiger partial charge in [-0.1, -0.05) is 6.07 Å². The van der Waals surface area contributed by atoms with Gasteiger partial charge in [0.25, 0.3) is 0 Å². The molecule has 9 heavy (non-hydrogen) atoms. The van der Waals surface area contributed by atoms with Gasteiger partial charge in [0.05, 0.1) is 0 Å². The quantitative estimate of drug-likeness (QED) is 0.702. The average molecular weight is 164 g/mol. The van der Waals surface area contributed by atoms with Gasteiger partial charge in [0, 0.05) is 11.4 Å². The molecule has 0 bridgehead atoms. The maximum absolute atomic E-state index is 3.08. The van der Waals surface area contributed by atoms with E-state index in [9.17, 15) is 0 Å². The Kier molecular flexibility index (Phi) is 4.77. The molecule has 1 aromatic heterocycles. The van der Waals surface area contributed by atoms with E-state index in [1.165, 1.54) is 4.88 Å². The van der Waals surface area contributed by atoms with Gasteiger partial charge in [-0.15, -0.1) is 23.7 Å². The van der Waals surface area contributed by atoms with Crippen LogP contribution in [0.15, 0.2) is 17.5 Å². The van der Waals surface area contributed by atoms with Gasteiger partial charge in [0.1, 0.15) is 0 Å². The Morgan fingerprint density at radius 3 is 2.89 bits per heavy atom. The lowest BCUT2D eigenvalue weighted by atomic mass is 10.5. The fourth-order valence-electron chi connectivity index (χ4n) is 0.587. The summed E-state index contributed by atoms with van der Waals surface area (Å²) in [5.74, 6) is 0. The molecule has 0 radical (unpaired) electrons. The summed E-state index contributed by atoms with van der Waals surface area (Å²) < 4.78 is 0. The molecule has 0 atom stereocenters. The maximum Gasteiger partial charge on any atom is 0.0296 e. The summed E-state index contributed by atoms with van der Waals surface area (Å²) >= 11 is 1.78. The van der Waals surface area contributed by atoms with Gasteiger partial charge in [-0.05, 0) is 18.5 Å². The third-order valence-electron chi connectivity index (χ3n) is 0.931. The first-order valence-electron chi connectivity index (χ1n) is 2.60. The molecular formula is C6H10ClNS. The Balaban J connectivity index is 0.000000640. The van der Waals surface area contributed by atoms with Crippen molar-refractivity contribution in [3.8, 4) is 0 Å². The second-order valence-corrected chi connectivity index (χ2v) is 2.64. The van der Waals surface area contributed by atoms with Crippen LogP contribution in [0.2, 0.25) is 0 Å². The van der Waals surface area contributed by atoms with Crippen molar-refractivity contribution < 1.29 is 0 Å². The smallest absolute Gasteiger partial charge is 0.0296 e. The summed E-state index contributed by atoms with van der Waals surface area (Å²) in [6, 6.07) is 4.19. The summed E-state index contributed by atoms with van der Waals surface area (Å²) in [5.41, 5.74) is 0. The minimum atomic E-state index is 0. The zero-order valence-electron chi connectivity index (χ0n) is 5.26. The Hall–Kier alpha value is -0.0500. The van der Waals surface area contributed by atoms with Crippen molar-refractivity contribution >= 4 is 23.7 Å². The van der Waals surface area contributed by atoms with Gasteiger partial charge in [0.2, 0.25) is 0 Å². The molecule has 3 heteroatoms. The zero-order valence-corrected chi connectivity index (χ0v) is 6.89.